The van der Waals surface area contributed by atoms with Crippen LogP contribution < -0.4 is 30.6 Å². The number of amides is 1. The van der Waals surface area contributed by atoms with Crippen LogP contribution in [0.5, 0.6) is 17.2 Å². The number of ether oxygens (including phenoxy) is 3. The molecule has 8 heteroatoms. The number of amidine groups is 1. The van der Waals surface area contributed by atoms with E-state index in [0.717, 1.165) is 16.9 Å². The molecule has 1 amide bonds. The van der Waals surface area contributed by atoms with Crippen LogP contribution in [0.3, 0.4) is 0 Å². The quantitative estimate of drug-likeness (QED) is 0.152. The van der Waals surface area contributed by atoms with Gasteiger partial charge in [-0.25, -0.2) is 0 Å². The zero-order valence-corrected chi connectivity index (χ0v) is 21.9. The van der Waals surface area contributed by atoms with Gasteiger partial charge < -0.3 is 30.6 Å². The summed E-state index contributed by atoms with van der Waals surface area (Å²) in [5.74, 6) is 1.60. The molecule has 0 radical (unpaired) electrons. The van der Waals surface area contributed by atoms with Crippen molar-refractivity contribution in [2.45, 2.75) is 19.2 Å². The third-order valence-corrected chi connectivity index (χ3v) is 6.15. The Bertz CT molecular complexity index is 1390. The first-order valence-corrected chi connectivity index (χ1v) is 12.4. The third kappa shape index (κ3) is 7.29. The van der Waals surface area contributed by atoms with Crippen LogP contribution >= 0.6 is 0 Å². The lowest BCUT2D eigenvalue weighted by Crippen LogP contribution is -2.33. The number of hydrogen-bond acceptors (Lipinski definition) is 6. The van der Waals surface area contributed by atoms with E-state index in [2.05, 4.69) is 10.6 Å². The van der Waals surface area contributed by atoms with Crippen molar-refractivity contribution < 1.29 is 19.0 Å². The lowest BCUT2D eigenvalue weighted by molar-refractivity contribution is -0.122. The molecule has 4 aromatic rings. The van der Waals surface area contributed by atoms with Gasteiger partial charge in [-0.3, -0.25) is 10.2 Å². The maximum Gasteiger partial charge on any atom is 0.247 e. The molecule has 0 aliphatic rings. The Morgan fingerprint density at radius 1 is 0.846 bits per heavy atom. The number of methoxy groups -OCH3 is 2. The molecule has 0 unspecified atom stereocenters. The minimum absolute atomic E-state index is 0.0221. The summed E-state index contributed by atoms with van der Waals surface area (Å²) in [6, 6.07) is 29.1. The maximum absolute atomic E-state index is 13.5. The fourth-order valence-corrected chi connectivity index (χ4v) is 3.97. The van der Waals surface area contributed by atoms with Gasteiger partial charge in [-0.05, 0) is 65.2 Å². The van der Waals surface area contributed by atoms with E-state index in [1.807, 2.05) is 60.7 Å². The lowest BCUT2D eigenvalue weighted by Gasteiger charge is -2.22. The van der Waals surface area contributed by atoms with Crippen LogP contribution in [0, 0.1) is 5.41 Å². The average Bonchev–Trinajstić information content (AvgIpc) is 2.98. The second kappa shape index (κ2) is 13.0. The Labute approximate surface area is 228 Å². The zero-order chi connectivity index (χ0) is 27.6. The molecule has 4 rings (SSSR count). The molecule has 0 saturated carbocycles. The number of nitrogens with one attached hydrogen (secondary N) is 3. The first-order chi connectivity index (χ1) is 19.0. The molecule has 1 atom stereocenters. The van der Waals surface area contributed by atoms with Crippen LogP contribution in [0.25, 0.3) is 0 Å². The van der Waals surface area contributed by atoms with E-state index in [0.29, 0.717) is 41.5 Å². The van der Waals surface area contributed by atoms with Gasteiger partial charge in [-0.1, -0.05) is 48.5 Å². The first-order valence-electron chi connectivity index (χ1n) is 12.4. The van der Waals surface area contributed by atoms with Crippen LogP contribution in [-0.4, -0.2) is 26.0 Å². The molecule has 0 saturated heterocycles. The number of rotatable bonds is 12. The van der Waals surface area contributed by atoms with E-state index in [1.54, 1.807) is 50.6 Å². The van der Waals surface area contributed by atoms with E-state index in [4.69, 9.17) is 25.4 Å². The van der Waals surface area contributed by atoms with E-state index in [9.17, 15) is 4.79 Å². The Hall–Kier alpha value is -4.98. The average molecular weight is 525 g/mol. The molecule has 4 aromatic carbocycles. The molecule has 0 bridgehead atoms. The predicted molar refractivity (Wildman–Crippen MR) is 152 cm³/mol. The zero-order valence-electron chi connectivity index (χ0n) is 21.9. The van der Waals surface area contributed by atoms with Crippen molar-refractivity contribution in [1.29, 1.82) is 5.41 Å². The molecule has 0 fully saturated rings. The van der Waals surface area contributed by atoms with Crippen molar-refractivity contribution in [1.82, 2.24) is 5.32 Å². The highest BCUT2D eigenvalue weighted by molar-refractivity contribution is 5.95. The molecule has 0 spiro atoms. The number of anilines is 1. The predicted octanol–water partition coefficient (Wildman–Crippen LogP) is 5.04. The van der Waals surface area contributed by atoms with Crippen molar-refractivity contribution in [3.05, 3.63) is 119 Å². The van der Waals surface area contributed by atoms with Crippen LogP contribution in [0.4, 0.5) is 5.69 Å². The SMILES string of the molecule is COc1ccc(CNC(=O)[C@@H](Nc2ccc(C(=N)N)cc2)c2ccc(OCc3ccccc3)c(OC)c2)cc1. The molecule has 0 aromatic heterocycles. The first kappa shape index (κ1) is 27.1. The van der Waals surface area contributed by atoms with Gasteiger partial charge in [0.15, 0.2) is 11.5 Å². The highest BCUT2D eigenvalue weighted by Crippen LogP contribution is 2.32. The van der Waals surface area contributed by atoms with E-state index >= 15 is 0 Å². The van der Waals surface area contributed by atoms with Crippen LogP contribution in [0.2, 0.25) is 0 Å². The molecular formula is C31H32N4O4. The van der Waals surface area contributed by atoms with Gasteiger partial charge in [-0.15, -0.1) is 0 Å². The summed E-state index contributed by atoms with van der Waals surface area (Å²) in [7, 11) is 3.18. The molecule has 200 valence electrons. The minimum atomic E-state index is -0.733. The van der Waals surface area contributed by atoms with Gasteiger partial charge in [0.25, 0.3) is 0 Å². The van der Waals surface area contributed by atoms with Gasteiger partial charge >= 0.3 is 0 Å². The summed E-state index contributed by atoms with van der Waals surface area (Å²) in [6.07, 6.45) is 0. The smallest absolute Gasteiger partial charge is 0.247 e. The topological polar surface area (TPSA) is 119 Å². The largest absolute Gasteiger partial charge is 0.497 e. The van der Waals surface area contributed by atoms with Crippen molar-refractivity contribution >= 4 is 17.4 Å². The molecule has 0 aliphatic heterocycles. The molecular weight excluding hydrogens is 492 g/mol. The Kier molecular flexibility index (Phi) is 9.03. The highest BCUT2D eigenvalue weighted by Gasteiger charge is 2.22. The summed E-state index contributed by atoms with van der Waals surface area (Å²) in [5.41, 5.74) is 9.57. The molecule has 0 heterocycles. The number of nitrogen functional groups attached to an aromatic ring is 1. The van der Waals surface area contributed by atoms with Crippen molar-refractivity contribution in [2.24, 2.45) is 5.73 Å². The number of nitrogens with two attached hydrogens (primary N) is 1. The van der Waals surface area contributed by atoms with Gasteiger partial charge in [0.1, 0.15) is 24.2 Å². The summed E-state index contributed by atoms with van der Waals surface area (Å²) in [4.78, 5) is 13.5. The van der Waals surface area contributed by atoms with Crippen LogP contribution in [0.15, 0.2) is 97.1 Å². The van der Waals surface area contributed by atoms with Crippen molar-refractivity contribution in [3.8, 4) is 17.2 Å². The van der Waals surface area contributed by atoms with Gasteiger partial charge in [0.05, 0.1) is 14.2 Å². The fraction of sp³-hybridized carbons (Fsp3) is 0.161. The van der Waals surface area contributed by atoms with Crippen LogP contribution in [-0.2, 0) is 17.9 Å². The third-order valence-electron chi connectivity index (χ3n) is 6.15. The molecule has 8 nitrogen and oxygen atoms in total. The summed E-state index contributed by atoms with van der Waals surface area (Å²) in [6.45, 7) is 0.739. The summed E-state index contributed by atoms with van der Waals surface area (Å²) >= 11 is 0. The highest BCUT2D eigenvalue weighted by atomic mass is 16.5. The van der Waals surface area contributed by atoms with Crippen LogP contribution in [0.1, 0.15) is 28.3 Å². The van der Waals surface area contributed by atoms with Gasteiger partial charge in [-0.2, -0.15) is 0 Å². The Morgan fingerprint density at radius 3 is 2.21 bits per heavy atom. The van der Waals surface area contributed by atoms with Gasteiger partial charge in [0, 0.05) is 17.8 Å². The van der Waals surface area contributed by atoms with E-state index in [1.165, 1.54) is 0 Å². The standard InChI is InChI=1S/C31H32N4O4/c1-37-26-15-8-21(9-16-26)19-34-31(36)29(35-25-13-10-23(11-14-25)30(32)33)24-12-17-27(28(18-24)38-2)39-20-22-6-4-3-5-7-22/h3-18,29,35H,19-20H2,1-2H3,(H3,32,33)(H,34,36)/t29-/m0/s1. The fourth-order valence-electron chi connectivity index (χ4n) is 3.97. The number of carbonyl (C=O) groups excluding carboxylic acids is 1. The van der Waals surface area contributed by atoms with E-state index < -0.39 is 6.04 Å². The monoisotopic (exact) mass is 524 g/mol. The van der Waals surface area contributed by atoms with Crippen molar-refractivity contribution in [3.63, 3.8) is 0 Å². The molecule has 39 heavy (non-hydrogen) atoms. The summed E-state index contributed by atoms with van der Waals surface area (Å²) in [5, 5.41) is 13.9. The second-order valence-corrected chi connectivity index (χ2v) is 8.82. The molecule has 5 N–H and O–H groups in total. The van der Waals surface area contributed by atoms with E-state index in [-0.39, 0.29) is 11.7 Å². The maximum atomic E-state index is 13.5. The molecule has 0 aliphatic carbocycles. The number of carbonyl (C=O) groups is 1. The second-order valence-electron chi connectivity index (χ2n) is 8.82. The van der Waals surface area contributed by atoms with Gasteiger partial charge in [0.2, 0.25) is 5.91 Å². The lowest BCUT2D eigenvalue weighted by atomic mass is 10.0. The Morgan fingerprint density at radius 2 is 1.56 bits per heavy atom. The number of hydrogen-bond donors (Lipinski definition) is 4. The Balaban J connectivity index is 1.56. The van der Waals surface area contributed by atoms with Crippen molar-refractivity contribution in [2.75, 3.05) is 19.5 Å². The minimum Gasteiger partial charge on any atom is -0.497 e. The number of benzene rings is 4. The normalized spacial score (nSPS) is 11.2. The summed E-state index contributed by atoms with van der Waals surface area (Å²) < 4.78 is 16.8.